The van der Waals surface area contributed by atoms with Crippen molar-refractivity contribution in [2.45, 2.75) is 51.4 Å². The molecular formula is C12H19NO4. The normalized spacial score (nSPS) is 29.1. The van der Waals surface area contributed by atoms with Gasteiger partial charge in [-0.25, -0.2) is 4.79 Å². The highest BCUT2D eigenvalue weighted by Crippen LogP contribution is 2.24. The molecule has 0 radical (unpaired) electrons. The van der Waals surface area contributed by atoms with Gasteiger partial charge in [0.25, 0.3) is 0 Å². The molecule has 0 aromatic heterocycles. The Kier molecular flexibility index (Phi) is 3.12. The first-order valence-corrected chi connectivity index (χ1v) is 5.98. The van der Waals surface area contributed by atoms with E-state index in [0.717, 1.165) is 0 Å². The number of ketones is 1. The van der Waals surface area contributed by atoms with Gasteiger partial charge in [0.15, 0.2) is 0 Å². The zero-order chi connectivity index (χ0) is 12.6. The first-order valence-electron chi connectivity index (χ1n) is 5.98. The summed E-state index contributed by atoms with van der Waals surface area (Å²) < 4.78 is 10.9. The quantitative estimate of drug-likeness (QED) is 0.642. The number of ether oxygens (including phenoxy) is 2. The molecule has 2 aliphatic rings. The van der Waals surface area contributed by atoms with Crippen LogP contribution in [0, 0.1) is 0 Å². The minimum atomic E-state index is -0.486. The molecule has 0 aromatic carbocycles. The highest BCUT2D eigenvalue weighted by molar-refractivity contribution is 5.80. The lowest BCUT2D eigenvalue weighted by atomic mass is 9.99. The summed E-state index contributed by atoms with van der Waals surface area (Å²) in [5.41, 5.74) is -0.486. The van der Waals surface area contributed by atoms with E-state index >= 15 is 0 Å². The molecule has 5 heteroatoms. The van der Waals surface area contributed by atoms with Crippen LogP contribution < -0.4 is 0 Å². The Morgan fingerprint density at radius 1 is 1.29 bits per heavy atom. The van der Waals surface area contributed by atoms with E-state index in [-0.39, 0.29) is 24.1 Å². The molecule has 2 aliphatic heterocycles. The third kappa shape index (κ3) is 3.19. The monoisotopic (exact) mass is 241 g/mol. The van der Waals surface area contributed by atoms with Gasteiger partial charge in [0.05, 0.1) is 25.3 Å². The Balaban J connectivity index is 1.96. The zero-order valence-corrected chi connectivity index (χ0v) is 10.6. The number of morpholine rings is 1. The second-order valence-electron chi connectivity index (χ2n) is 5.71. The SMILES string of the molecule is CC(C)(C)OC(=O)N1CC2CC(=O)CC(C1)O2. The Morgan fingerprint density at radius 2 is 1.82 bits per heavy atom. The zero-order valence-electron chi connectivity index (χ0n) is 10.6. The van der Waals surface area contributed by atoms with E-state index in [1.807, 2.05) is 20.8 Å². The average Bonchev–Trinajstić information content (AvgIpc) is 2.12. The van der Waals surface area contributed by atoms with Crippen molar-refractivity contribution in [2.24, 2.45) is 0 Å². The van der Waals surface area contributed by atoms with Crippen LogP contribution in [-0.4, -0.2) is 47.7 Å². The van der Waals surface area contributed by atoms with Gasteiger partial charge in [-0.2, -0.15) is 0 Å². The molecule has 2 heterocycles. The lowest BCUT2D eigenvalue weighted by Crippen LogP contribution is -2.54. The summed E-state index contributed by atoms with van der Waals surface area (Å²) in [5, 5.41) is 0. The number of carbonyl (C=O) groups is 2. The Hall–Kier alpha value is -1.10. The molecule has 2 saturated heterocycles. The lowest BCUT2D eigenvalue weighted by Gasteiger charge is -2.41. The summed E-state index contributed by atoms with van der Waals surface area (Å²) in [6, 6.07) is 0. The number of Topliss-reactive ketones (excluding diaryl/α,β-unsaturated/α-hetero) is 1. The molecule has 0 N–H and O–H groups in total. The maximum Gasteiger partial charge on any atom is 0.410 e. The highest BCUT2D eigenvalue weighted by atomic mass is 16.6. The fourth-order valence-electron chi connectivity index (χ4n) is 2.22. The molecule has 2 bridgehead atoms. The van der Waals surface area contributed by atoms with Crippen molar-refractivity contribution in [1.82, 2.24) is 4.90 Å². The van der Waals surface area contributed by atoms with Crippen LogP contribution >= 0.6 is 0 Å². The first kappa shape index (κ1) is 12.4. The van der Waals surface area contributed by atoms with Gasteiger partial charge in [0.2, 0.25) is 0 Å². The maximum absolute atomic E-state index is 11.9. The summed E-state index contributed by atoms with van der Waals surface area (Å²) in [6.07, 6.45) is 0.209. The third-order valence-electron chi connectivity index (χ3n) is 2.80. The fraction of sp³-hybridized carbons (Fsp3) is 0.833. The molecule has 2 atom stereocenters. The molecule has 96 valence electrons. The van der Waals surface area contributed by atoms with Gasteiger partial charge in [0, 0.05) is 12.8 Å². The second kappa shape index (κ2) is 4.29. The van der Waals surface area contributed by atoms with Crippen molar-refractivity contribution >= 4 is 11.9 Å². The lowest BCUT2D eigenvalue weighted by molar-refractivity contribution is -0.147. The van der Waals surface area contributed by atoms with Crippen LogP contribution in [0.25, 0.3) is 0 Å². The number of rotatable bonds is 0. The summed E-state index contributed by atoms with van der Waals surface area (Å²) in [7, 11) is 0. The predicted octanol–water partition coefficient (Wildman–Crippen LogP) is 1.35. The van der Waals surface area contributed by atoms with Gasteiger partial charge in [-0.15, -0.1) is 0 Å². The van der Waals surface area contributed by atoms with E-state index < -0.39 is 5.60 Å². The van der Waals surface area contributed by atoms with E-state index in [1.165, 1.54) is 0 Å². The molecule has 5 nitrogen and oxygen atoms in total. The Labute approximate surface area is 101 Å². The minimum Gasteiger partial charge on any atom is -0.444 e. The number of carbonyl (C=O) groups excluding carboxylic acids is 2. The molecule has 0 saturated carbocycles. The summed E-state index contributed by atoms with van der Waals surface area (Å²) in [4.78, 5) is 24.9. The summed E-state index contributed by atoms with van der Waals surface area (Å²) >= 11 is 0. The van der Waals surface area contributed by atoms with Crippen LogP contribution in [0.1, 0.15) is 33.6 Å². The van der Waals surface area contributed by atoms with Crippen LogP contribution in [0.15, 0.2) is 0 Å². The van der Waals surface area contributed by atoms with Crippen molar-refractivity contribution < 1.29 is 19.1 Å². The van der Waals surface area contributed by atoms with Gasteiger partial charge < -0.3 is 14.4 Å². The number of nitrogens with zero attached hydrogens (tertiary/aromatic N) is 1. The van der Waals surface area contributed by atoms with Crippen LogP contribution in [0.5, 0.6) is 0 Å². The van der Waals surface area contributed by atoms with Crippen molar-refractivity contribution in [3.05, 3.63) is 0 Å². The van der Waals surface area contributed by atoms with Crippen molar-refractivity contribution in [3.8, 4) is 0 Å². The number of hydrogen-bond acceptors (Lipinski definition) is 4. The molecule has 17 heavy (non-hydrogen) atoms. The largest absolute Gasteiger partial charge is 0.444 e. The van der Waals surface area contributed by atoms with E-state index in [1.54, 1.807) is 4.90 Å². The predicted molar refractivity (Wildman–Crippen MR) is 60.7 cm³/mol. The minimum absolute atomic E-state index is 0.150. The first-order chi connectivity index (χ1) is 7.83. The fourth-order valence-corrected chi connectivity index (χ4v) is 2.22. The van der Waals surface area contributed by atoms with Crippen LogP contribution in [0.3, 0.4) is 0 Å². The van der Waals surface area contributed by atoms with Crippen LogP contribution in [0.2, 0.25) is 0 Å². The average molecular weight is 241 g/mol. The number of amides is 1. The van der Waals surface area contributed by atoms with Gasteiger partial charge in [-0.1, -0.05) is 0 Å². The van der Waals surface area contributed by atoms with E-state index in [2.05, 4.69) is 0 Å². The molecular weight excluding hydrogens is 222 g/mol. The molecule has 1 amide bonds. The molecule has 0 aromatic rings. The van der Waals surface area contributed by atoms with Gasteiger partial charge in [0.1, 0.15) is 11.4 Å². The number of fused-ring (bicyclic) bond motifs is 2. The third-order valence-corrected chi connectivity index (χ3v) is 2.80. The van der Waals surface area contributed by atoms with E-state index in [9.17, 15) is 9.59 Å². The Morgan fingerprint density at radius 3 is 2.29 bits per heavy atom. The molecule has 0 aliphatic carbocycles. The molecule has 2 rings (SSSR count). The maximum atomic E-state index is 11.9. The second-order valence-corrected chi connectivity index (χ2v) is 5.71. The van der Waals surface area contributed by atoms with Crippen molar-refractivity contribution in [2.75, 3.05) is 13.1 Å². The standard InChI is InChI=1S/C12H19NO4/c1-12(2,3)17-11(15)13-6-9-4-8(14)5-10(7-13)16-9/h9-10H,4-7H2,1-3H3. The van der Waals surface area contributed by atoms with Gasteiger partial charge in [-0.05, 0) is 20.8 Å². The van der Waals surface area contributed by atoms with Crippen LogP contribution in [-0.2, 0) is 14.3 Å². The van der Waals surface area contributed by atoms with E-state index in [4.69, 9.17) is 9.47 Å². The molecule has 2 fully saturated rings. The van der Waals surface area contributed by atoms with Gasteiger partial charge >= 0.3 is 6.09 Å². The summed E-state index contributed by atoms with van der Waals surface area (Å²) in [5.74, 6) is 0.232. The smallest absolute Gasteiger partial charge is 0.410 e. The number of likely N-dealkylation sites (tertiary alicyclic amines) is 1. The Bertz CT molecular complexity index is 318. The van der Waals surface area contributed by atoms with Crippen molar-refractivity contribution in [3.63, 3.8) is 0 Å². The summed E-state index contributed by atoms with van der Waals surface area (Å²) in [6.45, 7) is 6.44. The molecule has 0 spiro atoms. The topological polar surface area (TPSA) is 55.8 Å². The molecule has 2 unspecified atom stereocenters. The number of hydrogen-bond donors (Lipinski definition) is 0. The highest BCUT2D eigenvalue weighted by Gasteiger charge is 2.38. The van der Waals surface area contributed by atoms with E-state index in [0.29, 0.717) is 25.9 Å². The van der Waals surface area contributed by atoms with Crippen LogP contribution in [0.4, 0.5) is 4.79 Å². The van der Waals surface area contributed by atoms with Gasteiger partial charge in [-0.3, -0.25) is 4.79 Å². The van der Waals surface area contributed by atoms with Crippen molar-refractivity contribution in [1.29, 1.82) is 0 Å².